The minimum atomic E-state index is -4.59. The van der Waals surface area contributed by atoms with Gasteiger partial charge in [-0.3, -0.25) is 0 Å². The van der Waals surface area contributed by atoms with E-state index in [-0.39, 0.29) is 11.8 Å². The molecule has 0 aliphatic rings. The van der Waals surface area contributed by atoms with Crippen LogP contribution in [0.1, 0.15) is 18.1 Å². The minimum absolute atomic E-state index is 0.0834. The lowest BCUT2D eigenvalue weighted by molar-refractivity contribution is -0.137. The predicted octanol–water partition coefficient (Wildman–Crippen LogP) is 5.71. The lowest BCUT2D eigenvalue weighted by Crippen LogP contribution is -2.19. The van der Waals surface area contributed by atoms with Crippen molar-refractivity contribution in [3.63, 3.8) is 0 Å². The molecule has 0 aliphatic heterocycles. The minimum Gasteiger partial charge on any atom is -0.494 e. The number of nitrogens with one attached hydrogen (secondary N) is 1. The van der Waals surface area contributed by atoms with Crippen LogP contribution in [0, 0.1) is 6.92 Å². The van der Waals surface area contributed by atoms with Crippen LogP contribution in [0.2, 0.25) is 0 Å². The van der Waals surface area contributed by atoms with Crippen LogP contribution in [0.3, 0.4) is 0 Å². The van der Waals surface area contributed by atoms with Crippen LogP contribution in [0.25, 0.3) is 0 Å². The lowest BCUT2D eigenvalue weighted by atomic mass is 10.2. The quantitative estimate of drug-likeness (QED) is 0.572. The maximum absolute atomic E-state index is 13.6. The molecule has 0 unspecified atom stereocenters. The predicted molar refractivity (Wildman–Crippen MR) is 107 cm³/mol. The van der Waals surface area contributed by atoms with E-state index in [1.54, 1.807) is 24.3 Å². The molecule has 0 saturated heterocycles. The van der Waals surface area contributed by atoms with Crippen molar-refractivity contribution >= 4 is 23.1 Å². The molecule has 2 aromatic carbocycles. The number of benzene rings is 2. The van der Waals surface area contributed by atoms with E-state index in [4.69, 9.17) is 4.74 Å². The van der Waals surface area contributed by atoms with Gasteiger partial charge in [0.15, 0.2) is 5.82 Å². The molecule has 0 radical (unpaired) electrons. The van der Waals surface area contributed by atoms with Gasteiger partial charge < -0.3 is 15.0 Å². The summed E-state index contributed by atoms with van der Waals surface area (Å²) in [5.74, 6) is 0.484. The summed E-state index contributed by atoms with van der Waals surface area (Å²) in [6.07, 6.45) is -3.79. The molecular formula is C21H21F3N4O. The van der Waals surface area contributed by atoms with Crippen molar-refractivity contribution < 1.29 is 17.9 Å². The van der Waals surface area contributed by atoms with Crippen molar-refractivity contribution in [3.8, 4) is 5.75 Å². The summed E-state index contributed by atoms with van der Waals surface area (Å²) in [6.45, 7) is 4.26. The highest BCUT2D eigenvalue weighted by Crippen LogP contribution is 2.38. The highest BCUT2D eigenvalue weighted by atomic mass is 19.4. The summed E-state index contributed by atoms with van der Waals surface area (Å²) >= 11 is 0. The largest absolute Gasteiger partial charge is 0.494 e. The Bertz CT molecular complexity index is 974. The number of hydrogen-bond acceptors (Lipinski definition) is 5. The number of anilines is 4. The van der Waals surface area contributed by atoms with Gasteiger partial charge >= 0.3 is 6.18 Å². The van der Waals surface area contributed by atoms with Gasteiger partial charge in [0.05, 0.1) is 6.61 Å². The van der Waals surface area contributed by atoms with Crippen molar-refractivity contribution in [1.82, 2.24) is 9.97 Å². The molecule has 152 valence electrons. The SMILES string of the molecule is CCOc1ccc(N(C)c2nc(Nc3ccccc3C)ncc2C(F)(F)F)cc1. The Labute approximate surface area is 167 Å². The molecule has 1 N–H and O–H groups in total. The lowest BCUT2D eigenvalue weighted by Gasteiger charge is -2.23. The molecular weight excluding hydrogens is 381 g/mol. The second kappa shape index (κ2) is 8.38. The average Bonchev–Trinajstić information content (AvgIpc) is 2.69. The molecule has 0 bridgehead atoms. The van der Waals surface area contributed by atoms with E-state index in [1.807, 2.05) is 38.1 Å². The highest BCUT2D eigenvalue weighted by Gasteiger charge is 2.36. The van der Waals surface area contributed by atoms with Gasteiger partial charge in [-0.2, -0.15) is 18.2 Å². The van der Waals surface area contributed by atoms with Crippen LogP contribution >= 0.6 is 0 Å². The van der Waals surface area contributed by atoms with E-state index in [0.717, 1.165) is 17.4 Å². The molecule has 0 fully saturated rings. The topological polar surface area (TPSA) is 50.3 Å². The Balaban J connectivity index is 1.98. The van der Waals surface area contributed by atoms with Crippen LogP contribution in [-0.4, -0.2) is 23.6 Å². The fourth-order valence-corrected chi connectivity index (χ4v) is 2.78. The third kappa shape index (κ3) is 4.77. The molecule has 8 heteroatoms. The average molecular weight is 402 g/mol. The number of aryl methyl sites for hydroxylation is 1. The number of hydrogen-bond donors (Lipinski definition) is 1. The number of ether oxygens (including phenoxy) is 1. The Hall–Kier alpha value is -3.29. The maximum Gasteiger partial charge on any atom is 0.421 e. The van der Waals surface area contributed by atoms with Gasteiger partial charge in [0.25, 0.3) is 0 Å². The van der Waals surface area contributed by atoms with E-state index < -0.39 is 11.7 Å². The molecule has 3 rings (SSSR count). The highest BCUT2D eigenvalue weighted by molar-refractivity contribution is 5.66. The third-order valence-electron chi connectivity index (χ3n) is 4.32. The molecule has 0 aliphatic carbocycles. The summed E-state index contributed by atoms with van der Waals surface area (Å²) in [7, 11) is 1.53. The van der Waals surface area contributed by atoms with Crippen LogP contribution in [0.4, 0.5) is 36.3 Å². The first-order valence-corrected chi connectivity index (χ1v) is 9.03. The van der Waals surface area contributed by atoms with Gasteiger partial charge in [-0.05, 0) is 49.7 Å². The number of halogens is 3. The first kappa shape index (κ1) is 20.4. The molecule has 5 nitrogen and oxygen atoms in total. The van der Waals surface area contributed by atoms with E-state index in [1.165, 1.54) is 11.9 Å². The second-order valence-electron chi connectivity index (χ2n) is 6.35. The van der Waals surface area contributed by atoms with Crippen LogP contribution < -0.4 is 15.0 Å². The van der Waals surface area contributed by atoms with Gasteiger partial charge in [0.1, 0.15) is 11.3 Å². The number of nitrogens with zero attached hydrogens (tertiary/aromatic N) is 3. The van der Waals surface area contributed by atoms with E-state index in [0.29, 0.717) is 18.0 Å². The van der Waals surface area contributed by atoms with Gasteiger partial charge in [0.2, 0.25) is 5.95 Å². The normalized spacial score (nSPS) is 11.2. The van der Waals surface area contributed by atoms with Crippen LogP contribution in [-0.2, 0) is 6.18 Å². The van der Waals surface area contributed by atoms with Crippen molar-refractivity contribution in [2.24, 2.45) is 0 Å². The standard InChI is InChI=1S/C21H21F3N4O/c1-4-29-16-11-9-15(10-12-16)28(3)19-17(21(22,23)24)13-25-20(27-19)26-18-8-6-5-7-14(18)2/h5-13H,4H2,1-3H3,(H,25,26,27). The molecule has 0 atom stereocenters. The summed E-state index contributed by atoms with van der Waals surface area (Å²) in [5.41, 5.74) is 1.28. The fraction of sp³-hybridized carbons (Fsp3) is 0.238. The van der Waals surface area contributed by atoms with Crippen molar-refractivity contribution in [2.75, 3.05) is 23.9 Å². The molecule has 1 heterocycles. The van der Waals surface area contributed by atoms with E-state index in [9.17, 15) is 13.2 Å². The first-order chi connectivity index (χ1) is 13.8. The molecule has 0 saturated carbocycles. The van der Waals surface area contributed by atoms with Crippen LogP contribution in [0.5, 0.6) is 5.75 Å². The molecule has 3 aromatic rings. The Kier molecular flexibility index (Phi) is 5.91. The third-order valence-corrected chi connectivity index (χ3v) is 4.32. The van der Waals surface area contributed by atoms with Gasteiger partial charge in [-0.25, -0.2) is 4.98 Å². The Morgan fingerprint density at radius 1 is 1.07 bits per heavy atom. The zero-order chi connectivity index (χ0) is 21.0. The Morgan fingerprint density at radius 3 is 2.38 bits per heavy atom. The van der Waals surface area contributed by atoms with Gasteiger partial charge in [0, 0.05) is 24.6 Å². The van der Waals surface area contributed by atoms with Crippen molar-refractivity contribution in [2.45, 2.75) is 20.0 Å². The van der Waals surface area contributed by atoms with Gasteiger partial charge in [-0.1, -0.05) is 18.2 Å². The molecule has 0 amide bonds. The molecule has 0 spiro atoms. The van der Waals surface area contributed by atoms with Crippen LogP contribution in [0.15, 0.2) is 54.7 Å². The smallest absolute Gasteiger partial charge is 0.421 e. The number of para-hydroxylation sites is 1. The van der Waals surface area contributed by atoms with Crippen molar-refractivity contribution in [3.05, 3.63) is 65.9 Å². The summed E-state index contributed by atoms with van der Waals surface area (Å²) < 4.78 is 46.1. The summed E-state index contributed by atoms with van der Waals surface area (Å²) in [5, 5.41) is 2.99. The van der Waals surface area contributed by atoms with Crippen molar-refractivity contribution in [1.29, 1.82) is 0 Å². The van der Waals surface area contributed by atoms with E-state index in [2.05, 4.69) is 15.3 Å². The molecule has 1 aromatic heterocycles. The second-order valence-corrected chi connectivity index (χ2v) is 6.35. The summed E-state index contributed by atoms with van der Waals surface area (Å²) in [4.78, 5) is 9.41. The summed E-state index contributed by atoms with van der Waals surface area (Å²) in [6, 6.07) is 14.2. The number of rotatable bonds is 6. The number of aromatic nitrogens is 2. The first-order valence-electron chi connectivity index (χ1n) is 9.03. The zero-order valence-corrected chi connectivity index (χ0v) is 16.3. The fourth-order valence-electron chi connectivity index (χ4n) is 2.78. The monoisotopic (exact) mass is 402 g/mol. The number of alkyl halides is 3. The van der Waals surface area contributed by atoms with Gasteiger partial charge in [-0.15, -0.1) is 0 Å². The Morgan fingerprint density at radius 2 is 1.76 bits per heavy atom. The molecule has 29 heavy (non-hydrogen) atoms. The van der Waals surface area contributed by atoms with E-state index >= 15 is 0 Å². The maximum atomic E-state index is 13.6. The zero-order valence-electron chi connectivity index (χ0n) is 16.3.